The second-order valence-corrected chi connectivity index (χ2v) is 5.81. The minimum atomic E-state index is -0.108. The van der Waals surface area contributed by atoms with Gasteiger partial charge < -0.3 is 11.1 Å². The highest BCUT2D eigenvalue weighted by atomic mass is 35.5. The van der Waals surface area contributed by atoms with E-state index in [0.29, 0.717) is 16.3 Å². The maximum Gasteiger partial charge on any atom is 0.251 e. The highest BCUT2D eigenvalue weighted by Crippen LogP contribution is 2.23. The molecule has 2 rings (SSSR count). The molecule has 2 aromatic rings. The molecule has 0 radical (unpaired) electrons. The molecule has 0 unspecified atom stereocenters. The van der Waals surface area contributed by atoms with Crippen molar-refractivity contribution >= 4 is 23.2 Å². The van der Waals surface area contributed by atoms with Gasteiger partial charge in [-0.05, 0) is 47.9 Å². The van der Waals surface area contributed by atoms with E-state index in [2.05, 4.69) is 19.2 Å². The number of nitrogen functional groups attached to an aromatic ring is 1. The van der Waals surface area contributed by atoms with Gasteiger partial charge in [0.1, 0.15) is 0 Å². The number of rotatable bonds is 4. The number of anilines is 1. The monoisotopic (exact) mass is 302 g/mol. The molecule has 0 aliphatic heterocycles. The predicted molar refractivity (Wildman–Crippen MR) is 87.4 cm³/mol. The Morgan fingerprint density at radius 1 is 1.05 bits per heavy atom. The molecule has 0 heterocycles. The molecule has 21 heavy (non-hydrogen) atoms. The van der Waals surface area contributed by atoms with Crippen LogP contribution in [0.15, 0.2) is 48.5 Å². The summed E-state index contributed by atoms with van der Waals surface area (Å²) >= 11 is 5.91. The van der Waals surface area contributed by atoms with E-state index in [1.807, 2.05) is 24.3 Å². The molecule has 3 nitrogen and oxygen atoms in total. The van der Waals surface area contributed by atoms with Crippen molar-refractivity contribution in [2.45, 2.75) is 19.9 Å². The Hall–Kier alpha value is -2.00. The second-order valence-electron chi connectivity index (χ2n) is 5.37. The van der Waals surface area contributed by atoms with Crippen LogP contribution in [0.25, 0.3) is 0 Å². The SMILES string of the molecule is CC(C)[C@@H](NC(=O)c1ccc(N)cc1)c1ccc(Cl)cc1. The number of hydrogen-bond donors (Lipinski definition) is 2. The minimum absolute atomic E-state index is 0.0627. The van der Waals surface area contributed by atoms with Crippen LogP contribution in [0.4, 0.5) is 5.69 Å². The number of hydrogen-bond acceptors (Lipinski definition) is 2. The fourth-order valence-corrected chi connectivity index (χ4v) is 2.29. The highest BCUT2D eigenvalue weighted by Gasteiger charge is 2.19. The van der Waals surface area contributed by atoms with Gasteiger partial charge in [-0.2, -0.15) is 0 Å². The van der Waals surface area contributed by atoms with Crippen LogP contribution in [0.3, 0.4) is 0 Å². The molecule has 0 aromatic heterocycles. The van der Waals surface area contributed by atoms with Crippen LogP contribution >= 0.6 is 11.6 Å². The summed E-state index contributed by atoms with van der Waals surface area (Å²) in [6.45, 7) is 4.14. The lowest BCUT2D eigenvalue weighted by molar-refractivity contribution is 0.0925. The lowest BCUT2D eigenvalue weighted by atomic mass is 9.95. The molecule has 0 spiro atoms. The lowest BCUT2D eigenvalue weighted by Crippen LogP contribution is -2.31. The molecule has 0 aliphatic rings. The van der Waals surface area contributed by atoms with Gasteiger partial charge in [0.25, 0.3) is 5.91 Å². The number of carbonyl (C=O) groups is 1. The largest absolute Gasteiger partial charge is 0.399 e. The van der Waals surface area contributed by atoms with Gasteiger partial charge >= 0.3 is 0 Å². The number of carbonyl (C=O) groups excluding carboxylic acids is 1. The van der Waals surface area contributed by atoms with Crippen LogP contribution in [0.1, 0.15) is 35.8 Å². The molecule has 1 amide bonds. The number of amides is 1. The average molecular weight is 303 g/mol. The molecule has 0 fully saturated rings. The summed E-state index contributed by atoms with van der Waals surface area (Å²) in [5.74, 6) is 0.160. The smallest absolute Gasteiger partial charge is 0.251 e. The zero-order valence-electron chi connectivity index (χ0n) is 12.1. The fraction of sp³-hybridized carbons (Fsp3) is 0.235. The molecule has 2 aromatic carbocycles. The summed E-state index contributed by atoms with van der Waals surface area (Å²) in [4.78, 5) is 12.3. The first kappa shape index (κ1) is 15.4. The summed E-state index contributed by atoms with van der Waals surface area (Å²) in [6.07, 6.45) is 0. The Kier molecular flexibility index (Phi) is 4.86. The number of nitrogens with two attached hydrogens (primary N) is 1. The average Bonchev–Trinajstić information content (AvgIpc) is 2.46. The Morgan fingerprint density at radius 2 is 1.62 bits per heavy atom. The van der Waals surface area contributed by atoms with Crippen molar-refractivity contribution in [1.82, 2.24) is 5.32 Å². The summed E-state index contributed by atoms with van der Waals surface area (Å²) < 4.78 is 0. The molecular weight excluding hydrogens is 284 g/mol. The van der Waals surface area contributed by atoms with Gasteiger partial charge in [0.15, 0.2) is 0 Å². The summed E-state index contributed by atoms with van der Waals surface area (Å²) in [5, 5.41) is 3.75. The Balaban J connectivity index is 2.18. The molecule has 0 bridgehead atoms. The third kappa shape index (κ3) is 3.99. The molecular formula is C17H19ClN2O. The molecule has 4 heteroatoms. The standard InChI is InChI=1S/C17H19ClN2O/c1-11(2)16(12-3-7-14(18)8-4-12)20-17(21)13-5-9-15(19)10-6-13/h3-11,16H,19H2,1-2H3,(H,20,21)/t16-/m1/s1. The second kappa shape index (κ2) is 6.64. The molecule has 1 atom stereocenters. The number of halogens is 1. The Bertz CT molecular complexity index is 606. The summed E-state index contributed by atoms with van der Waals surface area (Å²) in [7, 11) is 0. The predicted octanol–water partition coefficient (Wildman–Crippen LogP) is 4.05. The van der Waals surface area contributed by atoms with Gasteiger partial charge in [0, 0.05) is 16.3 Å². The fourth-order valence-electron chi connectivity index (χ4n) is 2.16. The van der Waals surface area contributed by atoms with Gasteiger partial charge in [-0.15, -0.1) is 0 Å². The quantitative estimate of drug-likeness (QED) is 0.837. The van der Waals surface area contributed by atoms with Crippen molar-refractivity contribution in [3.8, 4) is 0 Å². The van der Waals surface area contributed by atoms with Crippen molar-refractivity contribution in [2.24, 2.45) is 5.92 Å². The normalized spacial score (nSPS) is 12.2. The van der Waals surface area contributed by atoms with E-state index < -0.39 is 0 Å². The van der Waals surface area contributed by atoms with Gasteiger partial charge in [-0.1, -0.05) is 37.6 Å². The molecule has 0 saturated carbocycles. The van der Waals surface area contributed by atoms with Crippen LogP contribution < -0.4 is 11.1 Å². The van der Waals surface area contributed by atoms with Crippen molar-refractivity contribution in [2.75, 3.05) is 5.73 Å². The molecule has 0 aliphatic carbocycles. The van der Waals surface area contributed by atoms with Gasteiger partial charge in [0.05, 0.1) is 6.04 Å². The van der Waals surface area contributed by atoms with Crippen molar-refractivity contribution in [1.29, 1.82) is 0 Å². The van der Waals surface area contributed by atoms with Gasteiger partial charge in [0.2, 0.25) is 0 Å². The first-order valence-electron chi connectivity index (χ1n) is 6.89. The van der Waals surface area contributed by atoms with Crippen LogP contribution in [0, 0.1) is 5.92 Å². The first-order chi connectivity index (χ1) is 9.97. The van der Waals surface area contributed by atoms with E-state index in [9.17, 15) is 4.79 Å². The van der Waals surface area contributed by atoms with E-state index in [1.54, 1.807) is 24.3 Å². The highest BCUT2D eigenvalue weighted by molar-refractivity contribution is 6.30. The Labute approximate surface area is 130 Å². The summed E-state index contributed by atoms with van der Waals surface area (Å²) in [6, 6.07) is 14.4. The summed E-state index contributed by atoms with van der Waals surface area (Å²) in [5.41, 5.74) is 7.92. The van der Waals surface area contributed by atoms with Crippen LogP contribution in [0.5, 0.6) is 0 Å². The van der Waals surface area contributed by atoms with Gasteiger partial charge in [-0.25, -0.2) is 0 Å². The number of nitrogens with one attached hydrogen (secondary N) is 1. The van der Waals surface area contributed by atoms with E-state index in [0.717, 1.165) is 5.56 Å². The lowest BCUT2D eigenvalue weighted by Gasteiger charge is -2.23. The zero-order valence-corrected chi connectivity index (χ0v) is 12.9. The van der Waals surface area contributed by atoms with Gasteiger partial charge in [-0.3, -0.25) is 4.79 Å². The zero-order chi connectivity index (χ0) is 15.4. The third-order valence-corrected chi connectivity index (χ3v) is 3.61. The first-order valence-corrected chi connectivity index (χ1v) is 7.27. The topological polar surface area (TPSA) is 55.1 Å². The molecule has 0 saturated heterocycles. The molecule has 110 valence electrons. The van der Waals surface area contributed by atoms with E-state index >= 15 is 0 Å². The van der Waals surface area contributed by atoms with E-state index in [1.165, 1.54) is 0 Å². The van der Waals surface area contributed by atoms with Crippen LogP contribution in [0.2, 0.25) is 5.02 Å². The minimum Gasteiger partial charge on any atom is -0.399 e. The van der Waals surface area contributed by atoms with E-state index in [-0.39, 0.29) is 17.9 Å². The van der Waals surface area contributed by atoms with Crippen LogP contribution in [-0.4, -0.2) is 5.91 Å². The van der Waals surface area contributed by atoms with E-state index in [4.69, 9.17) is 17.3 Å². The number of benzene rings is 2. The maximum atomic E-state index is 12.3. The van der Waals surface area contributed by atoms with Crippen LogP contribution in [-0.2, 0) is 0 Å². The third-order valence-electron chi connectivity index (χ3n) is 3.36. The molecule has 3 N–H and O–H groups in total. The Morgan fingerprint density at radius 3 is 2.14 bits per heavy atom. The maximum absolute atomic E-state index is 12.3. The van der Waals surface area contributed by atoms with Crippen molar-refractivity contribution in [3.63, 3.8) is 0 Å². The van der Waals surface area contributed by atoms with Crippen molar-refractivity contribution < 1.29 is 4.79 Å². The van der Waals surface area contributed by atoms with Crippen molar-refractivity contribution in [3.05, 3.63) is 64.7 Å².